The van der Waals surface area contributed by atoms with Crippen LogP contribution in [-0.2, 0) is 12.7 Å². The first-order chi connectivity index (χ1) is 11.5. The number of hydrogen-bond acceptors (Lipinski definition) is 4. The van der Waals surface area contributed by atoms with Gasteiger partial charge in [-0.05, 0) is 12.0 Å². The smallest absolute Gasteiger partial charge is 0.352 e. The lowest BCUT2D eigenvalue weighted by atomic mass is 10.2. The lowest BCUT2D eigenvalue weighted by Crippen LogP contribution is -2.27. The molecule has 0 bridgehead atoms. The fourth-order valence-electron chi connectivity index (χ4n) is 2.52. The Morgan fingerprint density at radius 3 is 2.58 bits per heavy atom. The van der Waals surface area contributed by atoms with Crippen LogP contribution in [-0.4, -0.2) is 26.1 Å². The first-order valence-electron chi connectivity index (χ1n) is 7.56. The van der Waals surface area contributed by atoms with Gasteiger partial charge in [0.25, 0.3) is 5.78 Å². The first kappa shape index (κ1) is 16.2. The second-order valence-corrected chi connectivity index (χ2v) is 5.38. The van der Waals surface area contributed by atoms with Gasteiger partial charge < -0.3 is 4.90 Å². The van der Waals surface area contributed by atoms with Crippen LogP contribution < -0.4 is 4.90 Å². The van der Waals surface area contributed by atoms with Crippen LogP contribution >= 0.6 is 0 Å². The largest absolute Gasteiger partial charge is 0.433 e. The number of hydrogen-bond donors (Lipinski definition) is 0. The van der Waals surface area contributed by atoms with Gasteiger partial charge in [-0.15, -0.1) is 0 Å². The molecule has 3 aromatic rings. The Kier molecular flexibility index (Phi) is 4.37. The van der Waals surface area contributed by atoms with E-state index in [9.17, 15) is 13.2 Å². The molecule has 0 radical (unpaired) electrons. The van der Waals surface area contributed by atoms with Crippen LogP contribution in [0.25, 0.3) is 5.78 Å². The predicted molar refractivity (Wildman–Crippen MR) is 83.6 cm³/mol. The van der Waals surface area contributed by atoms with E-state index in [2.05, 4.69) is 15.1 Å². The maximum atomic E-state index is 13.1. The minimum Gasteiger partial charge on any atom is -0.352 e. The summed E-state index contributed by atoms with van der Waals surface area (Å²) in [5.41, 5.74) is 0.0387. The van der Waals surface area contributed by atoms with E-state index in [-0.39, 0.29) is 5.78 Å². The molecule has 126 valence electrons. The van der Waals surface area contributed by atoms with Gasteiger partial charge in [0.2, 0.25) is 0 Å². The van der Waals surface area contributed by atoms with Crippen molar-refractivity contribution in [2.45, 2.75) is 26.1 Å². The Hall–Kier alpha value is -2.64. The third kappa shape index (κ3) is 3.32. The zero-order valence-corrected chi connectivity index (χ0v) is 13.0. The van der Waals surface area contributed by atoms with Crippen molar-refractivity contribution in [1.29, 1.82) is 0 Å². The number of alkyl halides is 3. The summed E-state index contributed by atoms with van der Waals surface area (Å²) in [7, 11) is 0. The monoisotopic (exact) mass is 335 g/mol. The molecule has 0 unspecified atom stereocenters. The molecule has 0 aliphatic heterocycles. The minimum atomic E-state index is -4.53. The highest BCUT2D eigenvalue weighted by atomic mass is 19.4. The number of anilines is 1. The molecule has 2 aromatic heterocycles. The number of aromatic nitrogens is 4. The van der Waals surface area contributed by atoms with Gasteiger partial charge in [0, 0.05) is 19.2 Å². The molecule has 0 amide bonds. The highest BCUT2D eigenvalue weighted by molar-refractivity contribution is 5.48. The molecule has 8 heteroatoms. The zero-order valence-electron chi connectivity index (χ0n) is 13.0. The SMILES string of the molecule is CCCN(Cc1ccccc1)c1cc(C(F)(F)F)nc2ncnn12. The molecule has 1 aromatic carbocycles. The molecule has 3 rings (SSSR count). The third-order valence-electron chi connectivity index (χ3n) is 3.56. The van der Waals surface area contributed by atoms with Gasteiger partial charge in [-0.2, -0.15) is 27.8 Å². The standard InChI is InChI=1S/C16H16F3N5/c1-2-8-23(10-12-6-4-3-5-7-12)14-9-13(16(17,18)19)22-15-20-11-21-24(14)15/h3-7,9,11H,2,8,10H2,1H3. The van der Waals surface area contributed by atoms with Crippen LogP contribution in [0.3, 0.4) is 0 Å². The zero-order chi connectivity index (χ0) is 17.2. The fourth-order valence-corrected chi connectivity index (χ4v) is 2.52. The maximum Gasteiger partial charge on any atom is 0.433 e. The average molecular weight is 335 g/mol. The summed E-state index contributed by atoms with van der Waals surface area (Å²) in [6.45, 7) is 3.04. The molecule has 24 heavy (non-hydrogen) atoms. The second kappa shape index (κ2) is 6.46. The van der Waals surface area contributed by atoms with Gasteiger partial charge in [-0.25, -0.2) is 4.98 Å². The van der Waals surface area contributed by atoms with E-state index in [4.69, 9.17) is 0 Å². The molecule has 0 aliphatic rings. The number of halogens is 3. The molecule has 0 fully saturated rings. The van der Waals surface area contributed by atoms with Gasteiger partial charge in [0.15, 0.2) is 5.69 Å². The molecular formula is C16H16F3N5. The van der Waals surface area contributed by atoms with Crippen molar-refractivity contribution < 1.29 is 13.2 Å². The second-order valence-electron chi connectivity index (χ2n) is 5.38. The molecule has 0 saturated carbocycles. The fraction of sp³-hybridized carbons (Fsp3) is 0.312. The van der Waals surface area contributed by atoms with E-state index >= 15 is 0 Å². The summed E-state index contributed by atoms with van der Waals surface area (Å²) in [6.07, 6.45) is -2.54. The molecule has 0 aliphatic carbocycles. The van der Waals surface area contributed by atoms with E-state index in [1.165, 1.54) is 10.8 Å². The lowest BCUT2D eigenvalue weighted by molar-refractivity contribution is -0.141. The Morgan fingerprint density at radius 1 is 1.17 bits per heavy atom. The third-order valence-corrected chi connectivity index (χ3v) is 3.56. The first-order valence-corrected chi connectivity index (χ1v) is 7.56. The highest BCUT2D eigenvalue weighted by Crippen LogP contribution is 2.31. The van der Waals surface area contributed by atoms with Gasteiger partial charge in [-0.1, -0.05) is 37.3 Å². The Labute approximate surface area is 136 Å². The Balaban J connectivity index is 2.07. The maximum absolute atomic E-state index is 13.1. The van der Waals surface area contributed by atoms with Crippen molar-refractivity contribution in [3.63, 3.8) is 0 Å². The molecule has 2 heterocycles. The summed E-state index contributed by atoms with van der Waals surface area (Å²) in [4.78, 5) is 9.23. The Morgan fingerprint density at radius 2 is 1.92 bits per heavy atom. The van der Waals surface area contributed by atoms with Crippen molar-refractivity contribution in [2.24, 2.45) is 0 Å². The van der Waals surface area contributed by atoms with E-state index in [1.807, 2.05) is 42.2 Å². The van der Waals surface area contributed by atoms with Crippen molar-refractivity contribution in [2.75, 3.05) is 11.4 Å². The molecular weight excluding hydrogens is 319 g/mol. The molecule has 0 saturated heterocycles. The molecule has 0 spiro atoms. The van der Waals surface area contributed by atoms with Crippen LogP contribution in [0.15, 0.2) is 42.7 Å². The summed E-state index contributed by atoms with van der Waals surface area (Å²) in [5.74, 6) is 0.268. The lowest BCUT2D eigenvalue weighted by Gasteiger charge is -2.25. The summed E-state index contributed by atoms with van der Waals surface area (Å²) in [5, 5.41) is 4.02. The van der Waals surface area contributed by atoms with Gasteiger partial charge in [-0.3, -0.25) is 0 Å². The van der Waals surface area contributed by atoms with Crippen LogP contribution in [0.1, 0.15) is 24.6 Å². The quantitative estimate of drug-likeness (QED) is 0.715. The normalized spacial score (nSPS) is 11.8. The van der Waals surface area contributed by atoms with Crippen molar-refractivity contribution >= 4 is 11.6 Å². The molecule has 0 atom stereocenters. The number of fused-ring (bicyclic) bond motifs is 1. The summed E-state index contributed by atoms with van der Waals surface area (Å²) < 4.78 is 40.8. The predicted octanol–water partition coefficient (Wildman–Crippen LogP) is 3.56. The van der Waals surface area contributed by atoms with Crippen LogP contribution in [0.5, 0.6) is 0 Å². The number of rotatable bonds is 5. The van der Waals surface area contributed by atoms with E-state index < -0.39 is 11.9 Å². The van der Waals surface area contributed by atoms with Crippen LogP contribution in [0.4, 0.5) is 19.0 Å². The van der Waals surface area contributed by atoms with Crippen molar-refractivity contribution in [3.05, 3.63) is 54.0 Å². The minimum absolute atomic E-state index is 0.0611. The van der Waals surface area contributed by atoms with E-state index in [0.717, 1.165) is 18.1 Å². The topological polar surface area (TPSA) is 46.3 Å². The van der Waals surface area contributed by atoms with Crippen molar-refractivity contribution in [1.82, 2.24) is 19.6 Å². The molecule has 5 nitrogen and oxygen atoms in total. The van der Waals surface area contributed by atoms with Gasteiger partial charge in [0.1, 0.15) is 12.1 Å². The van der Waals surface area contributed by atoms with Crippen LogP contribution in [0, 0.1) is 0 Å². The summed E-state index contributed by atoms with van der Waals surface area (Å²) in [6, 6.07) is 10.6. The number of nitrogens with zero attached hydrogens (tertiary/aromatic N) is 5. The van der Waals surface area contributed by atoms with Gasteiger partial charge in [0.05, 0.1) is 0 Å². The Bertz CT molecular complexity index is 813. The average Bonchev–Trinajstić information content (AvgIpc) is 3.02. The van der Waals surface area contributed by atoms with Gasteiger partial charge >= 0.3 is 6.18 Å². The summed E-state index contributed by atoms with van der Waals surface area (Å²) >= 11 is 0. The van der Waals surface area contributed by atoms with E-state index in [1.54, 1.807) is 0 Å². The van der Waals surface area contributed by atoms with E-state index in [0.29, 0.717) is 18.9 Å². The van der Waals surface area contributed by atoms with Crippen LogP contribution in [0.2, 0.25) is 0 Å². The molecule has 0 N–H and O–H groups in total. The van der Waals surface area contributed by atoms with Crippen molar-refractivity contribution in [3.8, 4) is 0 Å². The number of benzene rings is 1. The highest BCUT2D eigenvalue weighted by Gasteiger charge is 2.34.